The Morgan fingerprint density at radius 3 is 2.86 bits per heavy atom. The van der Waals surface area contributed by atoms with Gasteiger partial charge in [0.1, 0.15) is 5.82 Å². The maximum atomic E-state index is 13.8. The zero-order valence-corrected chi connectivity index (χ0v) is 12.6. The number of thiophene rings is 1. The van der Waals surface area contributed by atoms with Gasteiger partial charge < -0.3 is 10.4 Å². The number of aromatic carboxylic acids is 1. The number of hydrogen-bond donors (Lipinski definition) is 2. The van der Waals surface area contributed by atoms with E-state index in [1.165, 1.54) is 23.1 Å². The van der Waals surface area contributed by atoms with Crippen molar-refractivity contribution in [3.8, 4) is 0 Å². The van der Waals surface area contributed by atoms with Crippen molar-refractivity contribution < 1.29 is 14.3 Å². The largest absolute Gasteiger partial charge is 0.478 e. The van der Waals surface area contributed by atoms with E-state index in [1.807, 2.05) is 11.4 Å². The summed E-state index contributed by atoms with van der Waals surface area (Å²) in [6, 6.07) is 8.10. The second-order valence-electron chi connectivity index (χ2n) is 4.85. The average Bonchev–Trinajstić information content (AvgIpc) is 2.98. The van der Waals surface area contributed by atoms with Crippen molar-refractivity contribution in [3.05, 3.63) is 57.5 Å². The van der Waals surface area contributed by atoms with Crippen LogP contribution in [0, 0.1) is 5.82 Å². The highest BCUT2D eigenvalue weighted by Crippen LogP contribution is 2.24. The molecule has 3 nitrogen and oxygen atoms in total. The van der Waals surface area contributed by atoms with Gasteiger partial charge in [-0.05, 0) is 36.1 Å². The Hall–Kier alpha value is -1.72. The molecule has 1 aromatic carbocycles. The number of carboxylic acids is 1. The zero-order valence-electron chi connectivity index (χ0n) is 11.8. The Labute approximate surface area is 127 Å². The molecular formula is C16H18FNO2S. The normalized spacial score (nSPS) is 12.3. The number of nitrogens with one attached hydrogen (secondary N) is 1. The number of halogens is 1. The zero-order chi connectivity index (χ0) is 15.2. The fraction of sp³-hybridized carbons (Fsp3) is 0.312. The van der Waals surface area contributed by atoms with Crippen molar-refractivity contribution in [2.45, 2.75) is 32.4 Å². The molecule has 0 aliphatic heterocycles. The van der Waals surface area contributed by atoms with Crippen molar-refractivity contribution in [2.75, 3.05) is 0 Å². The van der Waals surface area contributed by atoms with Crippen LogP contribution in [0.2, 0.25) is 0 Å². The molecule has 0 aliphatic carbocycles. The second kappa shape index (κ2) is 7.33. The highest BCUT2D eigenvalue weighted by Gasteiger charge is 2.13. The molecule has 1 atom stereocenters. The lowest BCUT2D eigenvalue weighted by Crippen LogP contribution is -2.21. The van der Waals surface area contributed by atoms with Crippen LogP contribution >= 0.6 is 11.3 Å². The minimum Gasteiger partial charge on any atom is -0.478 e. The number of carboxylic acid groups (broad SMARTS) is 1. The van der Waals surface area contributed by atoms with Gasteiger partial charge in [-0.25, -0.2) is 9.18 Å². The predicted octanol–water partition coefficient (Wildman–Crippen LogP) is 4.22. The van der Waals surface area contributed by atoms with Crippen LogP contribution in [0.25, 0.3) is 0 Å². The van der Waals surface area contributed by atoms with Crippen LogP contribution in [-0.2, 0) is 6.54 Å². The van der Waals surface area contributed by atoms with Crippen LogP contribution in [-0.4, -0.2) is 11.1 Å². The van der Waals surface area contributed by atoms with Gasteiger partial charge in [-0.15, -0.1) is 11.3 Å². The maximum absolute atomic E-state index is 13.8. The van der Waals surface area contributed by atoms with Crippen LogP contribution < -0.4 is 5.32 Å². The molecule has 2 rings (SSSR count). The summed E-state index contributed by atoms with van der Waals surface area (Å²) in [4.78, 5) is 12.2. The fourth-order valence-electron chi connectivity index (χ4n) is 2.20. The minimum atomic E-state index is -1.04. The monoisotopic (exact) mass is 307 g/mol. The third-order valence-electron chi connectivity index (χ3n) is 3.30. The van der Waals surface area contributed by atoms with Crippen molar-refractivity contribution in [3.63, 3.8) is 0 Å². The summed E-state index contributed by atoms with van der Waals surface area (Å²) in [7, 11) is 0. The number of carbonyl (C=O) groups is 1. The molecule has 0 aliphatic rings. The molecule has 1 aromatic heterocycles. The summed E-state index contributed by atoms with van der Waals surface area (Å²) in [5.74, 6) is -1.42. The molecule has 0 fully saturated rings. The van der Waals surface area contributed by atoms with E-state index in [1.54, 1.807) is 11.3 Å². The highest BCUT2D eigenvalue weighted by atomic mass is 32.1. The van der Waals surface area contributed by atoms with Crippen LogP contribution in [0.5, 0.6) is 0 Å². The summed E-state index contributed by atoms with van der Waals surface area (Å²) >= 11 is 1.67. The van der Waals surface area contributed by atoms with Gasteiger partial charge >= 0.3 is 5.97 Å². The summed E-state index contributed by atoms with van der Waals surface area (Å²) in [5, 5.41) is 14.3. The molecule has 1 heterocycles. The molecule has 21 heavy (non-hydrogen) atoms. The first-order valence-electron chi connectivity index (χ1n) is 6.90. The van der Waals surface area contributed by atoms with E-state index in [4.69, 9.17) is 5.11 Å². The third-order valence-corrected chi connectivity index (χ3v) is 4.28. The molecule has 2 N–H and O–H groups in total. The van der Waals surface area contributed by atoms with Crippen molar-refractivity contribution in [1.82, 2.24) is 5.32 Å². The lowest BCUT2D eigenvalue weighted by molar-refractivity contribution is 0.0696. The van der Waals surface area contributed by atoms with Gasteiger partial charge in [0.25, 0.3) is 0 Å². The van der Waals surface area contributed by atoms with Crippen molar-refractivity contribution in [1.29, 1.82) is 0 Å². The molecule has 112 valence electrons. The minimum absolute atomic E-state index is 0.108. The Kier molecular flexibility index (Phi) is 5.47. The van der Waals surface area contributed by atoms with Gasteiger partial charge in [-0.1, -0.05) is 19.4 Å². The predicted molar refractivity (Wildman–Crippen MR) is 82.2 cm³/mol. The van der Waals surface area contributed by atoms with Gasteiger partial charge in [-0.3, -0.25) is 0 Å². The lowest BCUT2D eigenvalue weighted by atomic mass is 10.1. The molecule has 0 bridgehead atoms. The van der Waals surface area contributed by atoms with Gasteiger partial charge in [0.2, 0.25) is 0 Å². The van der Waals surface area contributed by atoms with Gasteiger partial charge in [0.05, 0.1) is 5.56 Å². The van der Waals surface area contributed by atoms with E-state index >= 15 is 0 Å². The van der Waals surface area contributed by atoms with Gasteiger partial charge in [0.15, 0.2) is 0 Å². The topological polar surface area (TPSA) is 49.3 Å². The first kappa shape index (κ1) is 15.7. The smallest absolute Gasteiger partial charge is 0.335 e. The number of rotatable bonds is 7. The average molecular weight is 307 g/mol. The van der Waals surface area contributed by atoms with E-state index in [0.29, 0.717) is 12.1 Å². The van der Waals surface area contributed by atoms with E-state index < -0.39 is 5.97 Å². The van der Waals surface area contributed by atoms with E-state index in [0.717, 1.165) is 12.8 Å². The molecule has 0 spiro atoms. The third kappa shape index (κ3) is 4.12. The Balaban J connectivity index is 2.10. The lowest BCUT2D eigenvalue weighted by Gasteiger charge is -2.17. The first-order valence-corrected chi connectivity index (χ1v) is 7.78. The summed E-state index contributed by atoms with van der Waals surface area (Å²) < 4.78 is 13.8. The molecule has 1 unspecified atom stereocenters. The molecule has 0 amide bonds. The summed E-state index contributed by atoms with van der Waals surface area (Å²) in [5.41, 5.74) is 0.490. The Bertz CT molecular complexity index is 598. The first-order chi connectivity index (χ1) is 10.1. The van der Waals surface area contributed by atoms with Gasteiger partial charge in [0, 0.05) is 23.0 Å². The van der Waals surface area contributed by atoms with Crippen LogP contribution in [0.1, 0.15) is 46.6 Å². The second-order valence-corrected chi connectivity index (χ2v) is 5.83. The van der Waals surface area contributed by atoms with Gasteiger partial charge in [-0.2, -0.15) is 0 Å². The standard InChI is InChI=1S/C16H18FNO2S/c1-2-4-14(15-5-3-8-21-15)18-10-12-9-11(16(19)20)6-7-13(12)17/h3,5-9,14,18H,2,4,10H2,1H3,(H,19,20). The molecular weight excluding hydrogens is 289 g/mol. The van der Waals surface area contributed by atoms with E-state index in [2.05, 4.69) is 18.3 Å². The Morgan fingerprint density at radius 1 is 1.43 bits per heavy atom. The molecule has 2 aromatic rings. The van der Waals surface area contributed by atoms with Crippen LogP contribution in [0.15, 0.2) is 35.7 Å². The quantitative estimate of drug-likeness (QED) is 0.805. The SMILES string of the molecule is CCCC(NCc1cc(C(=O)O)ccc1F)c1cccs1. The maximum Gasteiger partial charge on any atom is 0.335 e. The summed E-state index contributed by atoms with van der Waals surface area (Å²) in [6.45, 7) is 2.42. The highest BCUT2D eigenvalue weighted by molar-refractivity contribution is 7.10. The van der Waals surface area contributed by atoms with E-state index in [9.17, 15) is 9.18 Å². The number of benzene rings is 1. The Morgan fingerprint density at radius 2 is 2.24 bits per heavy atom. The van der Waals surface area contributed by atoms with Crippen molar-refractivity contribution >= 4 is 17.3 Å². The van der Waals surface area contributed by atoms with Crippen LogP contribution in [0.3, 0.4) is 0 Å². The summed E-state index contributed by atoms with van der Waals surface area (Å²) in [6.07, 6.45) is 1.98. The molecule has 0 saturated heterocycles. The van der Waals surface area contributed by atoms with E-state index in [-0.39, 0.29) is 17.4 Å². The van der Waals surface area contributed by atoms with Crippen molar-refractivity contribution in [2.24, 2.45) is 0 Å². The molecule has 5 heteroatoms. The molecule has 0 radical (unpaired) electrons. The fourth-order valence-corrected chi connectivity index (χ4v) is 3.04. The number of hydrogen-bond acceptors (Lipinski definition) is 3. The molecule has 0 saturated carbocycles. The van der Waals surface area contributed by atoms with Crippen LogP contribution in [0.4, 0.5) is 4.39 Å².